The Hall–Kier alpha value is -2.96. The van der Waals surface area contributed by atoms with Gasteiger partial charge < -0.3 is 13.8 Å². The standard InChI is InChI=1S/C16H14N4O3/c21-16(13-4-2-6-22-13)20-9-11(10-20)7-14-18-15(19-23-14)12-3-1-5-17-8-12/h1-6,8,11H,7,9-10H2. The van der Waals surface area contributed by atoms with Crippen LogP contribution in [0.3, 0.4) is 0 Å². The van der Waals surface area contributed by atoms with Crippen molar-refractivity contribution in [2.75, 3.05) is 13.1 Å². The summed E-state index contributed by atoms with van der Waals surface area (Å²) < 4.78 is 10.4. The van der Waals surface area contributed by atoms with E-state index >= 15 is 0 Å². The predicted molar refractivity (Wildman–Crippen MR) is 79.3 cm³/mol. The molecule has 0 atom stereocenters. The first-order chi connectivity index (χ1) is 11.3. The van der Waals surface area contributed by atoms with E-state index in [0.717, 1.165) is 5.56 Å². The van der Waals surface area contributed by atoms with Crippen LogP contribution in [0.25, 0.3) is 11.4 Å². The lowest BCUT2D eigenvalue weighted by molar-refractivity contribution is 0.0455. The molecule has 0 spiro atoms. The van der Waals surface area contributed by atoms with Crippen LogP contribution in [0.4, 0.5) is 0 Å². The Labute approximate surface area is 131 Å². The highest BCUT2D eigenvalue weighted by molar-refractivity contribution is 5.91. The summed E-state index contributed by atoms with van der Waals surface area (Å²) in [7, 11) is 0. The molecule has 7 heteroatoms. The molecule has 1 amide bonds. The largest absolute Gasteiger partial charge is 0.459 e. The van der Waals surface area contributed by atoms with E-state index in [1.54, 1.807) is 29.4 Å². The molecule has 0 radical (unpaired) electrons. The van der Waals surface area contributed by atoms with Gasteiger partial charge in [0.25, 0.3) is 5.91 Å². The van der Waals surface area contributed by atoms with Crippen LogP contribution in [0.2, 0.25) is 0 Å². The minimum absolute atomic E-state index is 0.0761. The number of amides is 1. The molecule has 4 heterocycles. The van der Waals surface area contributed by atoms with E-state index in [1.165, 1.54) is 6.26 Å². The van der Waals surface area contributed by atoms with Crippen molar-refractivity contribution in [3.8, 4) is 11.4 Å². The van der Waals surface area contributed by atoms with E-state index in [1.807, 2.05) is 12.1 Å². The van der Waals surface area contributed by atoms with Crippen LogP contribution in [0.5, 0.6) is 0 Å². The Morgan fingerprint density at radius 3 is 2.96 bits per heavy atom. The van der Waals surface area contributed by atoms with Crippen molar-refractivity contribution in [2.45, 2.75) is 6.42 Å². The minimum Gasteiger partial charge on any atom is -0.459 e. The molecule has 3 aromatic rings. The SMILES string of the molecule is O=C(c1ccco1)N1CC(Cc2nc(-c3cccnc3)no2)C1. The number of hydrogen-bond acceptors (Lipinski definition) is 6. The Bertz CT molecular complexity index is 792. The van der Waals surface area contributed by atoms with E-state index in [0.29, 0.717) is 42.9 Å². The van der Waals surface area contributed by atoms with E-state index in [4.69, 9.17) is 8.94 Å². The Morgan fingerprint density at radius 1 is 1.30 bits per heavy atom. The molecule has 4 rings (SSSR count). The monoisotopic (exact) mass is 310 g/mol. The quantitative estimate of drug-likeness (QED) is 0.733. The van der Waals surface area contributed by atoms with Gasteiger partial charge in [-0.1, -0.05) is 5.16 Å². The Morgan fingerprint density at radius 2 is 2.22 bits per heavy atom. The van der Waals surface area contributed by atoms with Crippen molar-refractivity contribution < 1.29 is 13.7 Å². The van der Waals surface area contributed by atoms with Gasteiger partial charge in [-0.3, -0.25) is 9.78 Å². The fourth-order valence-electron chi connectivity index (χ4n) is 2.62. The van der Waals surface area contributed by atoms with Crippen LogP contribution < -0.4 is 0 Å². The maximum Gasteiger partial charge on any atom is 0.289 e. The summed E-state index contributed by atoms with van der Waals surface area (Å²) in [5.74, 6) is 1.75. The molecule has 1 saturated heterocycles. The van der Waals surface area contributed by atoms with E-state index < -0.39 is 0 Å². The van der Waals surface area contributed by atoms with Crippen molar-refractivity contribution in [3.05, 3.63) is 54.6 Å². The molecule has 3 aromatic heterocycles. The van der Waals surface area contributed by atoms with Crippen LogP contribution in [0.1, 0.15) is 16.4 Å². The summed E-state index contributed by atoms with van der Waals surface area (Å²) in [5.41, 5.74) is 0.825. The Kier molecular flexibility index (Phi) is 3.38. The topological polar surface area (TPSA) is 85.3 Å². The third kappa shape index (κ3) is 2.73. The van der Waals surface area contributed by atoms with Crippen LogP contribution in [0, 0.1) is 5.92 Å². The van der Waals surface area contributed by atoms with Gasteiger partial charge in [-0.15, -0.1) is 0 Å². The second kappa shape index (κ2) is 5.68. The highest BCUT2D eigenvalue weighted by Crippen LogP contribution is 2.23. The number of pyridine rings is 1. The molecule has 7 nitrogen and oxygen atoms in total. The zero-order chi connectivity index (χ0) is 15.6. The fraction of sp³-hybridized carbons (Fsp3) is 0.250. The lowest BCUT2D eigenvalue weighted by Crippen LogP contribution is -2.50. The summed E-state index contributed by atoms with van der Waals surface area (Å²) in [5, 5.41) is 3.97. The number of furan rings is 1. The van der Waals surface area contributed by atoms with Crippen LogP contribution in [-0.2, 0) is 6.42 Å². The van der Waals surface area contributed by atoms with E-state index in [9.17, 15) is 4.79 Å². The highest BCUT2D eigenvalue weighted by Gasteiger charge is 2.33. The van der Waals surface area contributed by atoms with Crippen molar-refractivity contribution in [1.82, 2.24) is 20.0 Å². The fourth-order valence-corrected chi connectivity index (χ4v) is 2.62. The van der Waals surface area contributed by atoms with Gasteiger partial charge in [0.05, 0.1) is 6.26 Å². The predicted octanol–water partition coefficient (Wildman–Crippen LogP) is 2.04. The first kappa shape index (κ1) is 13.7. The third-order valence-corrected chi connectivity index (χ3v) is 3.83. The van der Waals surface area contributed by atoms with Crippen molar-refractivity contribution in [3.63, 3.8) is 0 Å². The van der Waals surface area contributed by atoms with Crippen LogP contribution >= 0.6 is 0 Å². The van der Waals surface area contributed by atoms with Gasteiger partial charge in [-0.25, -0.2) is 0 Å². The molecule has 1 aliphatic rings. The summed E-state index contributed by atoms with van der Waals surface area (Å²) in [6.45, 7) is 1.34. The molecule has 1 aliphatic heterocycles. The van der Waals surface area contributed by atoms with Gasteiger partial charge in [-0.05, 0) is 24.3 Å². The molecule has 1 fully saturated rings. The molecular formula is C16H14N4O3. The lowest BCUT2D eigenvalue weighted by Gasteiger charge is -2.38. The van der Waals surface area contributed by atoms with Crippen LogP contribution in [-0.4, -0.2) is 39.0 Å². The molecule has 0 saturated carbocycles. The molecule has 23 heavy (non-hydrogen) atoms. The Balaban J connectivity index is 1.34. The number of likely N-dealkylation sites (tertiary alicyclic amines) is 1. The number of hydrogen-bond donors (Lipinski definition) is 0. The number of rotatable bonds is 4. The number of aromatic nitrogens is 3. The van der Waals surface area contributed by atoms with E-state index in [2.05, 4.69) is 15.1 Å². The maximum atomic E-state index is 12.0. The third-order valence-electron chi connectivity index (χ3n) is 3.83. The average Bonchev–Trinajstić information content (AvgIpc) is 3.22. The maximum absolute atomic E-state index is 12.0. The van der Waals surface area contributed by atoms with Gasteiger partial charge in [0.15, 0.2) is 5.76 Å². The molecule has 0 aliphatic carbocycles. The number of nitrogens with zero attached hydrogens (tertiary/aromatic N) is 4. The van der Waals surface area contributed by atoms with Gasteiger partial charge in [0.1, 0.15) is 0 Å². The summed E-state index contributed by atoms with van der Waals surface area (Å²) in [6, 6.07) is 7.10. The van der Waals surface area contributed by atoms with Gasteiger partial charge in [0.2, 0.25) is 11.7 Å². The lowest BCUT2D eigenvalue weighted by atomic mass is 9.96. The summed E-state index contributed by atoms with van der Waals surface area (Å²) in [4.78, 5) is 22.2. The zero-order valence-corrected chi connectivity index (χ0v) is 12.3. The molecule has 0 aromatic carbocycles. The second-order valence-corrected chi connectivity index (χ2v) is 5.51. The zero-order valence-electron chi connectivity index (χ0n) is 12.3. The molecule has 0 unspecified atom stereocenters. The second-order valence-electron chi connectivity index (χ2n) is 5.51. The van der Waals surface area contributed by atoms with E-state index in [-0.39, 0.29) is 5.91 Å². The van der Waals surface area contributed by atoms with Crippen molar-refractivity contribution in [1.29, 1.82) is 0 Å². The van der Waals surface area contributed by atoms with Crippen molar-refractivity contribution >= 4 is 5.91 Å². The molecule has 0 N–H and O–H groups in total. The number of carbonyl (C=O) groups excluding carboxylic acids is 1. The van der Waals surface area contributed by atoms with Crippen LogP contribution in [0.15, 0.2) is 51.9 Å². The van der Waals surface area contributed by atoms with Crippen molar-refractivity contribution in [2.24, 2.45) is 5.92 Å². The summed E-state index contributed by atoms with van der Waals surface area (Å²) in [6.07, 6.45) is 5.56. The highest BCUT2D eigenvalue weighted by atomic mass is 16.5. The first-order valence-corrected chi connectivity index (χ1v) is 7.35. The normalized spacial score (nSPS) is 14.7. The first-order valence-electron chi connectivity index (χ1n) is 7.35. The molecular weight excluding hydrogens is 296 g/mol. The average molecular weight is 310 g/mol. The van der Waals surface area contributed by atoms with Gasteiger partial charge >= 0.3 is 0 Å². The smallest absolute Gasteiger partial charge is 0.289 e. The summed E-state index contributed by atoms with van der Waals surface area (Å²) >= 11 is 0. The number of carbonyl (C=O) groups is 1. The minimum atomic E-state index is -0.0761. The molecule has 0 bridgehead atoms. The molecule has 116 valence electrons. The van der Waals surface area contributed by atoms with Gasteiger partial charge in [-0.2, -0.15) is 4.98 Å². The van der Waals surface area contributed by atoms with Gasteiger partial charge in [0, 0.05) is 43.4 Å².